The Morgan fingerprint density at radius 1 is 0.963 bits per heavy atom. The molecule has 0 spiro atoms. The highest BCUT2D eigenvalue weighted by Crippen LogP contribution is 2.22. The Labute approximate surface area is 167 Å². The summed E-state index contributed by atoms with van der Waals surface area (Å²) in [6.45, 7) is 3.50. The second kappa shape index (κ2) is 8.35. The Bertz CT molecular complexity index is 892. The highest BCUT2D eigenvalue weighted by Gasteiger charge is 2.30. The molecular weight excluding hydrogens is 404 g/mol. The molecule has 1 heterocycles. The number of halogens is 1. The van der Waals surface area contributed by atoms with Crippen LogP contribution in [0, 0.1) is 0 Å². The van der Waals surface area contributed by atoms with Crippen LogP contribution in [0.1, 0.15) is 25.0 Å². The van der Waals surface area contributed by atoms with Crippen molar-refractivity contribution in [2.24, 2.45) is 0 Å². The molecule has 0 aliphatic heterocycles. The number of ether oxygens (including phenoxy) is 1. The molecule has 0 saturated carbocycles. The van der Waals surface area contributed by atoms with Gasteiger partial charge in [0, 0.05) is 22.6 Å². The first-order valence-electron chi connectivity index (χ1n) is 8.66. The molecule has 4 nitrogen and oxygen atoms in total. The van der Waals surface area contributed by atoms with Crippen LogP contribution in [0.15, 0.2) is 77.5 Å². The molecule has 3 aromatic rings. The fraction of sp³-hybridized carbons (Fsp3) is 0.182. The molecule has 0 radical (unpaired) electrons. The Balaban J connectivity index is 1.61. The standard InChI is InChI=1S/C22H21BrN2O2/c1-22(2,27-20-9-5-18(23)6-10-20)21(26)25-19-7-3-16(4-8-19)15-17-11-13-24-14-12-17/h3-14H,15H2,1-2H3,(H,25,26). The fourth-order valence-corrected chi connectivity index (χ4v) is 2.83. The molecule has 0 unspecified atom stereocenters. The molecule has 138 valence electrons. The summed E-state index contributed by atoms with van der Waals surface area (Å²) in [6, 6.07) is 19.2. The molecule has 0 atom stereocenters. The number of carbonyl (C=O) groups is 1. The number of nitrogens with zero attached hydrogens (tertiary/aromatic N) is 1. The molecule has 2 aromatic carbocycles. The van der Waals surface area contributed by atoms with E-state index in [4.69, 9.17) is 4.74 Å². The van der Waals surface area contributed by atoms with Crippen LogP contribution in [0.25, 0.3) is 0 Å². The van der Waals surface area contributed by atoms with Crippen molar-refractivity contribution in [3.63, 3.8) is 0 Å². The van der Waals surface area contributed by atoms with E-state index in [0.29, 0.717) is 5.75 Å². The third-order valence-electron chi connectivity index (χ3n) is 4.10. The minimum absolute atomic E-state index is 0.202. The van der Waals surface area contributed by atoms with E-state index in [-0.39, 0.29) is 5.91 Å². The topological polar surface area (TPSA) is 51.2 Å². The number of anilines is 1. The van der Waals surface area contributed by atoms with Crippen LogP contribution in [-0.2, 0) is 11.2 Å². The molecule has 3 rings (SSSR count). The summed E-state index contributed by atoms with van der Waals surface area (Å²) in [6.07, 6.45) is 4.41. The molecule has 0 fully saturated rings. The van der Waals surface area contributed by atoms with E-state index in [2.05, 4.69) is 26.2 Å². The van der Waals surface area contributed by atoms with Gasteiger partial charge in [-0.1, -0.05) is 28.1 Å². The number of amides is 1. The summed E-state index contributed by atoms with van der Waals surface area (Å²) in [5, 5.41) is 2.92. The van der Waals surface area contributed by atoms with Gasteiger partial charge in [0.1, 0.15) is 5.75 Å². The quantitative estimate of drug-likeness (QED) is 0.589. The van der Waals surface area contributed by atoms with E-state index in [1.165, 1.54) is 11.1 Å². The number of pyridine rings is 1. The first kappa shape index (κ1) is 19.1. The highest BCUT2D eigenvalue weighted by atomic mass is 79.9. The van der Waals surface area contributed by atoms with Gasteiger partial charge in [0.2, 0.25) is 0 Å². The monoisotopic (exact) mass is 424 g/mol. The smallest absolute Gasteiger partial charge is 0.267 e. The van der Waals surface area contributed by atoms with E-state index in [9.17, 15) is 4.79 Å². The molecule has 0 aliphatic carbocycles. The zero-order chi connectivity index (χ0) is 19.3. The van der Waals surface area contributed by atoms with Crippen LogP contribution in [0.3, 0.4) is 0 Å². The van der Waals surface area contributed by atoms with Gasteiger partial charge >= 0.3 is 0 Å². The van der Waals surface area contributed by atoms with Gasteiger partial charge in [0.05, 0.1) is 0 Å². The minimum atomic E-state index is -0.996. The van der Waals surface area contributed by atoms with Crippen LogP contribution in [0.2, 0.25) is 0 Å². The Morgan fingerprint density at radius 2 is 1.56 bits per heavy atom. The lowest BCUT2D eigenvalue weighted by Gasteiger charge is -2.25. The molecule has 5 heteroatoms. The number of aromatic nitrogens is 1. The minimum Gasteiger partial charge on any atom is -0.478 e. The van der Waals surface area contributed by atoms with Gasteiger partial charge < -0.3 is 10.1 Å². The van der Waals surface area contributed by atoms with Crippen LogP contribution in [-0.4, -0.2) is 16.5 Å². The Hall–Kier alpha value is -2.66. The molecule has 0 bridgehead atoms. The number of nitrogens with one attached hydrogen (secondary N) is 1. The third-order valence-corrected chi connectivity index (χ3v) is 4.63. The second-order valence-corrected chi connectivity index (χ2v) is 7.67. The van der Waals surface area contributed by atoms with E-state index < -0.39 is 5.60 Å². The average molecular weight is 425 g/mol. The van der Waals surface area contributed by atoms with Crippen LogP contribution in [0.5, 0.6) is 5.75 Å². The van der Waals surface area contributed by atoms with Crippen LogP contribution < -0.4 is 10.1 Å². The van der Waals surface area contributed by atoms with E-state index in [1.807, 2.05) is 60.7 Å². The summed E-state index contributed by atoms with van der Waals surface area (Å²) in [5.74, 6) is 0.443. The lowest BCUT2D eigenvalue weighted by Crippen LogP contribution is -2.42. The Morgan fingerprint density at radius 3 is 2.19 bits per heavy atom. The summed E-state index contributed by atoms with van der Waals surface area (Å²) in [4.78, 5) is 16.7. The zero-order valence-corrected chi connectivity index (χ0v) is 16.9. The maximum Gasteiger partial charge on any atom is 0.267 e. The van der Waals surface area contributed by atoms with Crippen LogP contribution in [0.4, 0.5) is 5.69 Å². The highest BCUT2D eigenvalue weighted by molar-refractivity contribution is 9.10. The first-order valence-corrected chi connectivity index (χ1v) is 9.45. The molecule has 1 aromatic heterocycles. The largest absolute Gasteiger partial charge is 0.478 e. The van der Waals surface area contributed by atoms with Crippen LogP contribution >= 0.6 is 15.9 Å². The summed E-state index contributed by atoms with van der Waals surface area (Å²) < 4.78 is 6.82. The fourth-order valence-electron chi connectivity index (χ4n) is 2.57. The molecule has 1 N–H and O–H groups in total. The van der Waals surface area contributed by atoms with Crippen molar-refractivity contribution in [3.05, 3.63) is 88.7 Å². The van der Waals surface area contributed by atoms with Gasteiger partial charge in [-0.2, -0.15) is 0 Å². The second-order valence-electron chi connectivity index (χ2n) is 6.75. The molecule has 0 aliphatic rings. The predicted molar refractivity (Wildman–Crippen MR) is 111 cm³/mol. The normalized spacial score (nSPS) is 11.1. The molecule has 0 saturated heterocycles. The van der Waals surface area contributed by atoms with E-state index in [1.54, 1.807) is 26.2 Å². The molecule has 27 heavy (non-hydrogen) atoms. The van der Waals surface area contributed by atoms with Crippen molar-refractivity contribution in [1.29, 1.82) is 0 Å². The first-order chi connectivity index (χ1) is 12.9. The van der Waals surface area contributed by atoms with Gasteiger partial charge in [-0.15, -0.1) is 0 Å². The van der Waals surface area contributed by atoms with E-state index >= 15 is 0 Å². The SMILES string of the molecule is CC(C)(Oc1ccc(Br)cc1)C(=O)Nc1ccc(Cc2ccncc2)cc1. The molecular formula is C22H21BrN2O2. The maximum atomic E-state index is 12.6. The number of hydrogen-bond donors (Lipinski definition) is 1. The van der Waals surface area contributed by atoms with Crippen molar-refractivity contribution < 1.29 is 9.53 Å². The van der Waals surface area contributed by atoms with Gasteiger partial charge in [-0.3, -0.25) is 9.78 Å². The number of benzene rings is 2. The number of rotatable bonds is 6. The zero-order valence-electron chi connectivity index (χ0n) is 15.3. The predicted octanol–water partition coefficient (Wildman–Crippen LogP) is 5.23. The number of carbonyl (C=O) groups excluding carboxylic acids is 1. The lowest BCUT2D eigenvalue weighted by atomic mass is 10.1. The van der Waals surface area contributed by atoms with Crippen molar-refractivity contribution >= 4 is 27.5 Å². The lowest BCUT2D eigenvalue weighted by molar-refractivity contribution is -0.128. The maximum absolute atomic E-state index is 12.6. The summed E-state index contributed by atoms with van der Waals surface area (Å²) in [7, 11) is 0. The van der Waals surface area contributed by atoms with Crippen molar-refractivity contribution in [3.8, 4) is 5.75 Å². The van der Waals surface area contributed by atoms with Gasteiger partial charge in [-0.05, 0) is 79.9 Å². The third kappa shape index (κ3) is 5.41. The van der Waals surface area contributed by atoms with Crippen molar-refractivity contribution in [2.75, 3.05) is 5.32 Å². The molecule has 1 amide bonds. The van der Waals surface area contributed by atoms with Gasteiger partial charge in [-0.25, -0.2) is 0 Å². The Kier molecular flexibility index (Phi) is 5.91. The van der Waals surface area contributed by atoms with Gasteiger partial charge in [0.15, 0.2) is 5.60 Å². The average Bonchev–Trinajstić information content (AvgIpc) is 2.66. The number of hydrogen-bond acceptors (Lipinski definition) is 3. The van der Waals surface area contributed by atoms with Gasteiger partial charge in [0.25, 0.3) is 5.91 Å². The summed E-state index contributed by atoms with van der Waals surface area (Å²) >= 11 is 3.39. The van der Waals surface area contributed by atoms with E-state index in [0.717, 1.165) is 16.6 Å². The van der Waals surface area contributed by atoms with Crippen molar-refractivity contribution in [1.82, 2.24) is 4.98 Å². The van der Waals surface area contributed by atoms with Crippen molar-refractivity contribution in [2.45, 2.75) is 25.9 Å². The summed E-state index contributed by atoms with van der Waals surface area (Å²) in [5.41, 5.74) is 2.12.